The minimum Gasteiger partial charge on any atom is -0.480 e. The maximum atomic E-state index is 12.3. The molecular formula is C15H26N6O7S. The van der Waals surface area contributed by atoms with E-state index in [9.17, 15) is 28.8 Å². The highest BCUT2D eigenvalue weighted by molar-refractivity contribution is 7.80. The first-order valence-corrected chi connectivity index (χ1v) is 9.09. The number of carboxylic acids is 1. The summed E-state index contributed by atoms with van der Waals surface area (Å²) in [7, 11) is 0. The molecule has 0 aliphatic heterocycles. The first-order chi connectivity index (χ1) is 13.4. The number of aliphatic carboxylic acids is 1. The highest BCUT2D eigenvalue weighted by Gasteiger charge is 2.29. The molecule has 164 valence electrons. The predicted octanol–water partition coefficient (Wildman–Crippen LogP) is -4.06. The summed E-state index contributed by atoms with van der Waals surface area (Å²) < 4.78 is 0. The number of amides is 5. The number of nitrogens with one attached hydrogen (secondary N) is 3. The molecule has 0 aliphatic rings. The number of rotatable bonds is 13. The number of primary amides is 2. The zero-order valence-electron chi connectivity index (χ0n) is 15.7. The summed E-state index contributed by atoms with van der Waals surface area (Å²) in [5.74, 6) is -5.57. The molecule has 0 aromatic heterocycles. The van der Waals surface area contributed by atoms with E-state index in [1.54, 1.807) is 0 Å². The van der Waals surface area contributed by atoms with Crippen LogP contribution in [0.3, 0.4) is 0 Å². The first kappa shape index (κ1) is 26.1. The molecular weight excluding hydrogens is 408 g/mol. The largest absolute Gasteiger partial charge is 0.480 e. The first-order valence-electron chi connectivity index (χ1n) is 8.46. The number of thiol groups is 1. The van der Waals surface area contributed by atoms with Crippen molar-refractivity contribution in [3.05, 3.63) is 0 Å². The van der Waals surface area contributed by atoms with E-state index in [0.717, 1.165) is 0 Å². The van der Waals surface area contributed by atoms with Gasteiger partial charge >= 0.3 is 5.97 Å². The maximum Gasteiger partial charge on any atom is 0.326 e. The highest BCUT2D eigenvalue weighted by Crippen LogP contribution is 2.00. The van der Waals surface area contributed by atoms with Crippen LogP contribution in [0.15, 0.2) is 0 Å². The summed E-state index contributed by atoms with van der Waals surface area (Å²) in [6, 6.07) is -5.07. The van der Waals surface area contributed by atoms with Crippen LogP contribution in [-0.2, 0) is 28.8 Å². The molecule has 0 aliphatic carbocycles. The van der Waals surface area contributed by atoms with Gasteiger partial charge in [-0.1, -0.05) is 0 Å². The van der Waals surface area contributed by atoms with E-state index in [-0.39, 0.29) is 18.6 Å². The monoisotopic (exact) mass is 434 g/mol. The number of carbonyl (C=O) groups excluding carboxylic acids is 5. The van der Waals surface area contributed by atoms with Crippen LogP contribution in [0.2, 0.25) is 0 Å². The Bertz CT molecular complexity index is 659. The highest BCUT2D eigenvalue weighted by atomic mass is 32.1. The fourth-order valence-corrected chi connectivity index (χ4v) is 2.16. The van der Waals surface area contributed by atoms with Crippen LogP contribution in [0.25, 0.3) is 0 Å². The van der Waals surface area contributed by atoms with Crippen LogP contribution < -0.4 is 33.2 Å². The van der Waals surface area contributed by atoms with E-state index in [4.69, 9.17) is 22.3 Å². The van der Waals surface area contributed by atoms with E-state index in [0.29, 0.717) is 0 Å². The van der Waals surface area contributed by atoms with Crippen molar-refractivity contribution in [3.63, 3.8) is 0 Å². The van der Waals surface area contributed by atoms with Crippen molar-refractivity contribution in [2.75, 3.05) is 5.75 Å². The van der Waals surface area contributed by atoms with Crippen LogP contribution >= 0.6 is 12.6 Å². The summed E-state index contributed by atoms with van der Waals surface area (Å²) in [4.78, 5) is 69.4. The topological polar surface area (TPSA) is 237 Å². The lowest BCUT2D eigenvalue weighted by molar-refractivity contribution is -0.142. The number of nitrogens with two attached hydrogens (primary N) is 3. The van der Waals surface area contributed by atoms with Crippen molar-refractivity contribution in [1.29, 1.82) is 0 Å². The molecule has 4 unspecified atom stereocenters. The van der Waals surface area contributed by atoms with Crippen molar-refractivity contribution >= 4 is 48.1 Å². The molecule has 0 rings (SSSR count). The Morgan fingerprint density at radius 1 is 0.897 bits per heavy atom. The molecule has 0 aromatic carbocycles. The third kappa shape index (κ3) is 10.3. The summed E-state index contributed by atoms with van der Waals surface area (Å²) in [5, 5.41) is 15.7. The SMILES string of the molecule is CC(NC(=O)C(CC(N)=O)NC(=O)C(N)CS)C(=O)NC(CCC(N)=O)C(=O)O. The van der Waals surface area contributed by atoms with Gasteiger partial charge in [-0.05, 0) is 13.3 Å². The van der Waals surface area contributed by atoms with Crippen molar-refractivity contribution in [2.24, 2.45) is 17.2 Å². The molecule has 5 amide bonds. The van der Waals surface area contributed by atoms with Crippen LogP contribution in [0.4, 0.5) is 0 Å². The Labute approximate surface area is 171 Å². The van der Waals surface area contributed by atoms with Gasteiger partial charge in [-0.3, -0.25) is 24.0 Å². The smallest absolute Gasteiger partial charge is 0.326 e. The number of carboxylic acid groups (broad SMARTS) is 1. The number of hydrogen-bond donors (Lipinski definition) is 8. The second-order valence-corrected chi connectivity index (χ2v) is 6.52. The van der Waals surface area contributed by atoms with Crippen LogP contribution in [0.5, 0.6) is 0 Å². The summed E-state index contributed by atoms with van der Waals surface area (Å²) in [6.45, 7) is 1.25. The van der Waals surface area contributed by atoms with Gasteiger partial charge in [0, 0.05) is 12.2 Å². The Hall–Kier alpha value is -2.87. The third-order valence-corrected chi connectivity index (χ3v) is 4.01. The van der Waals surface area contributed by atoms with Crippen LogP contribution in [0, 0.1) is 0 Å². The molecule has 0 saturated heterocycles. The quantitative estimate of drug-likeness (QED) is 0.132. The lowest BCUT2D eigenvalue weighted by Crippen LogP contribution is -2.57. The van der Waals surface area contributed by atoms with Gasteiger partial charge in [0.25, 0.3) is 0 Å². The normalized spacial score (nSPS) is 14.6. The molecule has 0 fully saturated rings. The molecule has 0 radical (unpaired) electrons. The molecule has 13 nitrogen and oxygen atoms in total. The number of carbonyl (C=O) groups is 6. The van der Waals surface area contributed by atoms with Crippen molar-refractivity contribution < 1.29 is 33.9 Å². The van der Waals surface area contributed by atoms with E-state index >= 15 is 0 Å². The zero-order chi connectivity index (χ0) is 22.7. The Balaban J connectivity index is 5.02. The molecule has 0 spiro atoms. The summed E-state index contributed by atoms with van der Waals surface area (Å²) in [5.41, 5.74) is 15.5. The van der Waals surface area contributed by atoms with E-state index in [1.165, 1.54) is 6.92 Å². The fraction of sp³-hybridized carbons (Fsp3) is 0.600. The average Bonchev–Trinajstić information content (AvgIpc) is 2.62. The lowest BCUT2D eigenvalue weighted by Gasteiger charge is -2.22. The average molecular weight is 434 g/mol. The van der Waals surface area contributed by atoms with Crippen molar-refractivity contribution in [1.82, 2.24) is 16.0 Å². The fourth-order valence-electron chi connectivity index (χ4n) is 1.99. The Kier molecular flexibility index (Phi) is 11.3. The van der Waals surface area contributed by atoms with Gasteiger partial charge in [0.05, 0.1) is 12.5 Å². The maximum absolute atomic E-state index is 12.3. The van der Waals surface area contributed by atoms with Crippen LogP contribution in [0.1, 0.15) is 26.2 Å². The van der Waals surface area contributed by atoms with Gasteiger partial charge in [0.1, 0.15) is 18.1 Å². The third-order valence-electron chi connectivity index (χ3n) is 3.62. The second-order valence-electron chi connectivity index (χ2n) is 6.16. The van der Waals surface area contributed by atoms with Crippen molar-refractivity contribution in [3.8, 4) is 0 Å². The molecule has 0 saturated carbocycles. The van der Waals surface area contributed by atoms with Gasteiger partial charge < -0.3 is 38.3 Å². The molecule has 10 N–H and O–H groups in total. The van der Waals surface area contributed by atoms with Gasteiger partial charge in [-0.2, -0.15) is 12.6 Å². The summed E-state index contributed by atoms with van der Waals surface area (Å²) in [6.07, 6.45) is -1.06. The van der Waals surface area contributed by atoms with Crippen molar-refractivity contribution in [2.45, 2.75) is 50.4 Å². The van der Waals surface area contributed by atoms with E-state index in [1.807, 2.05) is 0 Å². The van der Waals surface area contributed by atoms with E-state index < -0.39 is 66.1 Å². The number of hydrogen-bond acceptors (Lipinski definition) is 8. The lowest BCUT2D eigenvalue weighted by atomic mass is 10.1. The van der Waals surface area contributed by atoms with Gasteiger partial charge in [-0.15, -0.1) is 0 Å². The van der Waals surface area contributed by atoms with Gasteiger partial charge in [-0.25, -0.2) is 4.79 Å². The Morgan fingerprint density at radius 3 is 1.90 bits per heavy atom. The molecule has 0 aromatic rings. The van der Waals surface area contributed by atoms with E-state index in [2.05, 4.69) is 28.6 Å². The molecule has 4 atom stereocenters. The minimum absolute atomic E-state index is 0.0164. The minimum atomic E-state index is -1.40. The van der Waals surface area contributed by atoms with Gasteiger partial charge in [0.15, 0.2) is 0 Å². The summed E-state index contributed by atoms with van der Waals surface area (Å²) >= 11 is 3.85. The van der Waals surface area contributed by atoms with Crippen LogP contribution in [-0.4, -0.2) is 70.5 Å². The second kappa shape index (κ2) is 12.6. The van der Waals surface area contributed by atoms with Gasteiger partial charge in [0.2, 0.25) is 29.5 Å². The molecule has 29 heavy (non-hydrogen) atoms. The molecule has 0 bridgehead atoms. The molecule has 14 heteroatoms. The zero-order valence-corrected chi connectivity index (χ0v) is 16.6. The Morgan fingerprint density at radius 2 is 1.45 bits per heavy atom. The standard InChI is InChI=1S/C15H26N6O7S/c1-6(12(24)20-8(15(27)28)2-3-10(17)22)19-14(26)9(4-11(18)23)21-13(25)7(16)5-29/h6-9,29H,2-5,16H2,1H3,(H2,17,22)(H2,18,23)(H,19,26)(H,20,24)(H,21,25)(H,27,28). The predicted molar refractivity (Wildman–Crippen MR) is 103 cm³/mol. The molecule has 0 heterocycles.